The van der Waals surface area contributed by atoms with E-state index in [2.05, 4.69) is 34.6 Å². The van der Waals surface area contributed by atoms with Crippen LogP contribution in [0.2, 0.25) is 0 Å². The van der Waals surface area contributed by atoms with E-state index < -0.39 is 0 Å². The van der Waals surface area contributed by atoms with Gasteiger partial charge in [-0.25, -0.2) is 0 Å². The highest BCUT2D eigenvalue weighted by Gasteiger charge is 2.06. The predicted octanol–water partition coefficient (Wildman–Crippen LogP) is 3.71. The van der Waals surface area contributed by atoms with Crippen molar-refractivity contribution in [2.75, 3.05) is 0 Å². The molecule has 1 atom stereocenters. The predicted molar refractivity (Wildman–Crippen MR) is 48.1 cm³/mol. The average molecular weight is 142 g/mol. The van der Waals surface area contributed by atoms with Gasteiger partial charge in [0.05, 0.1) is 0 Å². The van der Waals surface area contributed by atoms with Crippen LogP contribution in [-0.2, 0) is 0 Å². The molecule has 0 rings (SSSR count). The van der Waals surface area contributed by atoms with Gasteiger partial charge < -0.3 is 0 Å². The number of rotatable bonds is 4. The van der Waals surface area contributed by atoms with Crippen LogP contribution in [0.3, 0.4) is 0 Å². The summed E-state index contributed by atoms with van der Waals surface area (Å²) in [6.07, 6.45) is 2.79. The van der Waals surface area contributed by atoms with Gasteiger partial charge in [-0.1, -0.05) is 47.5 Å². The van der Waals surface area contributed by atoms with Gasteiger partial charge in [0.15, 0.2) is 0 Å². The van der Waals surface area contributed by atoms with Gasteiger partial charge in [-0.2, -0.15) is 0 Å². The maximum Gasteiger partial charge on any atom is -0.0420 e. The zero-order valence-corrected chi connectivity index (χ0v) is 8.15. The van der Waals surface area contributed by atoms with Crippen molar-refractivity contribution in [3.05, 3.63) is 0 Å². The monoisotopic (exact) mass is 142 g/mol. The summed E-state index contributed by atoms with van der Waals surface area (Å²) in [6.45, 7) is 11.6. The van der Waals surface area contributed by atoms with E-state index in [0.717, 1.165) is 17.8 Å². The standard InChI is InChI=1S/C10H22/c1-8(2)6-7-10(5)9(3)4/h8-10H,6-7H2,1-5H3/t10-/m0/s1. The van der Waals surface area contributed by atoms with Crippen LogP contribution in [0.15, 0.2) is 0 Å². The molecule has 0 unspecified atom stereocenters. The summed E-state index contributed by atoms with van der Waals surface area (Å²) in [6, 6.07) is 0. The molecule has 0 fully saturated rings. The van der Waals surface area contributed by atoms with Crippen molar-refractivity contribution >= 4 is 0 Å². The zero-order chi connectivity index (χ0) is 8.15. The Morgan fingerprint density at radius 3 is 1.60 bits per heavy atom. The van der Waals surface area contributed by atoms with Gasteiger partial charge >= 0.3 is 0 Å². The fourth-order valence-electron chi connectivity index (χ4n) is 0.930. The summed E-state index contributed by atoms with van der Waals surface area (Å²) >= 11 is 0. The van der Waals surface area contributed by atoms with Crippen LogP contribution in [0.25, 0.3) is 0 Å². The Bertz CT molecular complexity index is 72.1. The fourth-order valence-corrected chi connectivity index (χ4v) is 0.930. The topological polar surface area (TPSA) is 0 Å². The summed E-state index contributed by atoms with van der Waals surface area (Å²) in [5.41, 5.74) is 0. The normalized spacial score (nSPS) is 14.7. The van der Waals surface area contributed by atoms with Crippen LogP contribution >= 0.6 is 0 Å². The first kappa shape index (κ1) is 10.0. The molecule has 0 saturated carbocycles. The molecule has 0 aliphatic heterocycles. The molecule has 0 bridgehead atoms. The Labute approximate surface area is 66.0 Å². The molecule has 0 spiro atoms. The summed E-state index contributed by atoms with van der Waals surface area (Å²) < 4.78 is 0. The second-order valence-electron chi connectivity index (χ2n) is 4.19. The van der Waals surface area contributed by atoms with Crippen LogP contribution in [0, 0.1) is 17.8 Å². The second-order valence-corrected chi connectivity index (χ2v) is 4.19. The van der Waals surface area contributed by atoms with Crippen molar-refractivity contribution in [2.24, 2.45) is 17.8 Å². The van der Waals surface area contributed by atoms with Crippen LogP contribution in [0.1, 0.15) is 47.5 Å². The Hall–Kier alpha value is 0. The molecule has 0 heterocycles. The largest absolute Gasteiger partial charge is 0.0628 e. The van der Waals surface area contributed by atoms with E-state index in [4.69, 9.17) is 0 Å². The lowest BCUT2D eigenvalue weighted by molar-refractivity contribution is 0.358. The molecule has 0 aromatic rings. The highest BCUT2D eigenvalue weighted by atomic mass is 14.1. The lowest BCUT2D eigenvalue weighted by atomic mass is 9.91. The van der Waals surface area contributed by atoms with Crippen molar-refractivity contribution in [3.8, 4) is 0 Å². The van der Waals surface area contributed by atoms with E-state index >= 15 is 0 Å². The third-order valence-electron chi connectivity index (χ3n) is 2.34. The van der Waals surface area contributed by atoms with E-state index in [0.29, 0.717) is 0 Å². The van der Waals surface area contributed by atoms with E-state index in [-0.39, 0.29) is 0 Å². The fraction of sp³-hybridized carbons (Fsp3) is 1.00. The molecule has 0 aliphatic carbocycles. The minimum atomic E-state index is 0.860. The molecular formula is C10H22. The first-order valence-electron chi connectivity index (χ1n) is 4.54. The quantitative estimate of drug-likeness (QED) is 0.561. The number of hydrogen-bond acceptors (Lipinski definition) is 0. The maximum absolute atomic E-state index is 2.35. The third-order valence-corrected chi connectivity index (χ3v) is 2.34. The van der Waals surface area contributed by atoms with Crippen LogP contribution in [-0.4, -0.2) is 0 Å². The Morgan fingerprint density at radius 1 is 0.800 bits per heavy atom. The summed E-state index contributed by atoms with van der Waals surface area (Å²) in [5, 5.41) is 0. The van der Waals surface area contributed by atoms with E-state index in [9.17, 15) is 0 Å². The SMILES string of the molecule is CC(C)CC[C@H](C)C(C)C. The Kier molecular flexibility index (Phi) is 4.76. The molecule has 0 aromatic heterocycles. The lowest BCUT2D eigenvalue weighted by Gasteiger charge is -2.15. The van der Waals surface area contributed by atoms with Gasteiger partial charge in [0.1, 0.15) is 0 Å². The van der Waals surface area contributed by atoms with E-state index in [1.807, 2.05) is 0 Å². The molecule has 0 heteroatoms. The minimum absolute atomic E-state index is 0.860. The van der Waals surface area contributed by atoms with Crippen LogP contribution in [0.4, 0.5) is 0 Å². The second kappa shape index (κ2) is 4.76. The molecule has 0 aromatic carbocycles. The average Bonchev–Trinajstić information content (AvgIpc) is 1.82. The third kappa shape index (κ3) is 4.84. The Morgan fingerprint density at radius 2 is 1.30 bits per heavy atom. The molecule has 0 aliphatic rings. The molecular weight excluding hydrogens is 120 g/mol. The molecule has 10 heavy (non-hydrogen) atoms. The van der Waals surface area contributed by atoms with Gasteiger partial charge in [-0.05, 0) is 17.8 Å². The van der Waals surface area contributed by atoms with Crippen LogP contribution in [0.5, 0.6) is 0 Å². The highest BCUT2D eigenvalue weighted by Crippen LogP contribution is 2.18. The van der Waals surface area contributed by atoms with Crippen molar-refractivity contribution in [2.45, 2.75) is 47.5 Å². The van der Waals surface area contributed by atoms with E-state index in [1.165, 1.54) is 12.8 Å². The molecule has 0 saturated heterocycles. The maximum atomic E-state index is 2.35. The summed E-state index contributed by atoms with van der Waals surface area (Å²) in [4.78, 5) is 0. The molecule has 0 radical (unpaired) electrons. The minimum Gasteiger partial charge on any atom is -0.0628 e. The first-order valence-corrected chi connectivity index (χ1v) is 4.54. The van der Waals surface area contributed by atoms with Crippen molar-refractivity contribution in [1.82, 2.24) is 0 Å². The molecule has 0 amide bonds. The van der Waals surface area contributed by atoms with Crippen molar-refractivity contribution in [1.29, 1.82) is 0 Å². The van der Waals surface area contributed by atoms with Gasteiger partial charge in [0.2, 0.25) is 0 Å². The number of hydrogen-bond donors (Lipinski definition) is 0. The van der Waals surface area contributed by atoms with Gasteiger partial charge in [0, 0.05) is 0 Å². The summed E-state index contributed by atoms with van der Waals surface area (Å²) in [5.74, 6) is 2.64. The van der Waals surface area contributed by atoms with Gasteiger partial charge in [0.25, 0.3) is 0 Å². The zero-order valence-electron chi connectivity index (χ0n) is 8.15. The first-order chi connectivity index (χ1) is 4.54. The molecule has 0 N–H and O–H groups in total. The summed E-state index contributed by atoms with van der Waals surface area (Å²) in [7, 11) is 0. The Balaban J connectivity index is 3.30. The van der Waals surface area contributed by atoms with Crippen molar-refractivity contribution < 1.29 is 0 Å². The van der Waals surface area contributed by atoms with Gasteiger partial charge in [-0.3, -0.25) is 0 Å². The molecule has 62 valence electrons. The van der Waals surface area contributed by atoms with Crippen molar-refractivity contribution in [3.63, 3.8) is 0 Å². The van der Waals surface area contributed by atoms with E-state index in [1.54, 1.807) is 0 Å². The highest BCUT2D eigenvalue weighted by molar-refractivity contribution is 4.58. The lowest BCUT2D eigenvalue weighted by Crippen LogP contribution is -2.04. The van der Waals surface area contributed by atoms with Crippen LogP contribution < -0.4 is 0 Å². The smallest absolute Gasteiger partial charge is 0.0420 e. The molecule has 0 nitrogen and oxygen atoms in total. The van der Waals surface area contributed by atoms with Gasteiger partial charge in [-0.15, -0.1) is 0 Å².